The highest BCUT2D eigenvalue weighted by Gasteiger charge is 2.31. The first-order chi connectivity index (χ1) is 15.1. The molecule has 3 heterocycles. The van der Waals surface area contributed by atoms with Crippen LogP contribution in [0.5, 0.6) is 5.75 Å². The number of halogens is 1. The Labute approximate surface area is 178 Å². The van der Waals surface area contributed by atoms with Crippen LogP contribution in [-0.4, -0.2) is 45.5 Å². The number of fused-ring (bicyclic) bond motifs is 1. The number of nitrogens with zero attached hydrogens (tertiary/aromatic N) is 4. The van der Waals surface area contributed by atoms with Gasteiger partial charge in [-0.3, -0.25) is 4.79 Å². The summed E-state index contributed by atoms with van der Waals surface area (Å²) >= 11 is 0. The van der Waals surface area contributed by atoms with Crippen molar-refractivity contribution in [3.05, 3.63) is 78.2 Å². The van der Waals surface area contributed by atoms with E-state index < -0.39 is 0 Å². The molecule has 0 saturated carbocycles. The molecule has 1 aliphatic heterocycles. The van der Waals surface area contributed by atoms with Crippen LogP contribution in [0.4, 0.5) is 4.39 Å². The van der Waals surface area contributed by atoms with E-state index in [1.807, 2.05) is 41.3 Å². The number of hydrogen-bond donors (Lipinski definition) is 0. The van der Waals surface area contributed by atoms with E-state index >= 15 is 0 Å². The Hall–Kier alpha value is -3.74. The van der Waals surface area contributed by atoms with Crippen molar-refractivity contribution in [1.82, 2.24) is 19.4 Å². The van der Waals surface area contributed by atoms with Crippen LogP contribution in [0.3, 0.4) is 0 Å². The molecule has 1 fully saturated rings. The lowest BCUT2D eigenvalue weighted by Gasteiger charge is -2.19. The maximum absolute atomic E-state index is 13.2. The van der Waals surface area contributed by atoms with Gasteiger partial charge in [-0.2, -0.15) is 0 Å². The minimum atomic E-state index is -0.351. The van der Waals surface area contributed by atoms with Crippen LogP contribution < -0.4 is 4.74 Å². The van der Waals surface area contributed by atoms with Gasteiger partial charge in [-0.1, -0.05) is 0 Å². The highest BCUT2D eigenvalue weighted by molar-refractivity contribution is 5.94. The summed E-state index contributed by atoms with van der Waals surface area (Å²) in [6.45, 7) is 1.16. The van der Waals surface area contributed by atoms with Crippen molar-refractivity contribution in [1.29, 1.82) is 0 Å². The van der Waals surface area contributed by atoms with Crippen molar-refractivity contribution in [3.8, 4) is 17.1 Å². The molecule has 156 valence electrons. The third-order valence-electron chi connectivity index (χ3n) is 5.70. The molecule has 2 aromatic heterocycles. The summed E-state index contributed by atoms with van der Waals surface area (Å²) in [7, 11) is 1.64. The van der Waals surface area contributed by atoms with E-state index in [2.05, 4.69) is 9.55 Å². The minimum Gasteiger partial charge on any atom is -0.497 e. The fourth-order valence-corrected chi connectivity index (χ4v) is 4.13. The molecule has 31 heavy (non-hydrogen) atoms. The monoisotopic (exact) mass is 416 g/mol. The number of rotatable bonds is 4. The van der Waals surface area contributed by atoms with Crippen molar-refractivity contribution in [2.75, 3.05) is 20.2 Å². The average Bonchev–Trinajstić information content (AvgIpc) is 3.44. The number of carbonyl (C=O) groups excluding carboxylic acids is 1. The predicted molar refractivity (Wildman–Crippen MR) is 115 cm³/mol. The maximum Gasteiger partial charge on any atom is 0.253 e. The van der Waals surface area contributed by atoms with Crippen LogP contribution in [0.15, 0.2) is 66.9 Å². The number of methoxy groups -OCH3 is 1. The molecule has 5 rings (SSSR count). The van der Waals surface area contributed by atoms with Gasteiger partial charge in [-0.15, -0.1) is 0 Å². The smallest absolute Gasteiger partial charge is 0.253 e. The molecule has 1 amide bonds. The Morgan fingerprint density at radius 1 is 1.10 bits per heavy atom. The third kappa shape index (κ3) is 3.52. The van der Waals surface area contributed by atoms with E-state index in [0.717, 1.165) is 34.7 Å². The SMILES string of the molecule is COc1ccc(-c2nc3cccnc3n2[C@@H]2CCN(C(=O)c3ccc(F)cc3)C2)cc1. The molecule has 7 heteroatoms. The second-order valence-electron chi connectivity index (χ2n) is 7.58. The zero-order valence-electron chi connectivity index (χ0n) is 17.0. The van der Waals surface area contributed by atoms with Crippen LogP contribution >= 0.6 is 0 Å². The standard InChI is InChI=1S/C24H21FN4O2/c1-31-20-10-6-16(7-11-20)22-27-21-3-2-13-26-23(21)29(22)19-12-14-28(15-19)24(30)17-4-8-18(25)9-5-17/h2-11,13,19H,12,14-15H2,1H3/t19-/m1/s1. The summed E-state index contributed by atoms with van der Waals surface area (Å²) < 4.78 is 20.6. The van der Waals surface area contributed by atoms with Crippen LogP contribution in [0, 0.1) is 5.82 Å². The molecular formula is C24H21FN4O2. The van der Waals surface area contributed by atoms with Crippen molar-refractivity contribution in [2.24, 2.45) is 0 Å². The van der Waals surface area contributed by atoms with Gasteiger partial charge in [0.05, 0.1) is 13.2 Å². The predicted octanol–water partition coefficient (Wildman–Crippen LogP) is 4.33. The quantitative estimate of drug-likeness (QED) is 0.497. The van der Waals surface area contributed by atoms with Gasteiger partial charge in [-0.05, 0) is 67.1 Å². The molecule has 0 N–H and O–H groups in total. The van der Waals surface area contributed by atoms with Gasteiger partial charge >= 0.3 is 0 Å². The lowest BCUT2D eigenvalue weighted by Crippen LogP contribution is -2.29. The second kappa shape index (κ2) is 7.83. The van der Waals surface area contributed by atoms with Crippen molar-refractivity contribution >= 4 is 17.1 Å². The van der Waals surface area contributed by atoms with Gasteiger partial charge in [0.25, 0.3) is 5.91 Å². The van der Waals surface area contributed by atoms with E-state index in [0.29, 0.717) is 18.7 Å². The maximum atomic E-state index is 13.2. The normalized spacial score (nSPS) is 16.1. The topological polar surface area (TPSA) is 60.3 Å². The number of imidazole rings is 1. The van der Waals surface area contributed by atoms with Gasteiger partial charge in [-0.25, -0.2) is 14.4 Å². The first-order valence-electron chi connectivity index (χ1n) is 10.2. The molecule has 2 aromatic carbocycles. The van der Waals surface area contributed by atoms with Crippen molar-refractivity contribution in [2.45, 2.75) is 12.5 Å². The first-order valence-corrected chi connectivity index (χ1v) is 10.2. The summed E-state index contributed by atoms with van der Waals surface area (Å²) in [6.07, 6.45) is 2.55. The highest BCUT2D eigenvalue weighted by atomic mass is 19.1. The molecule has 1 saturated heterocycles. The Morgan fingerprint density at radius 2 is 1.87 bits per heavy atom. The number of ether oxygens (including phenoxy) is 1. The number of hydrogen-bond acceptors (Lipinski definition) is 4. The number of pyridine rings is 1. The lowest BCUT2D eigenvalue weighted by molar-refractivity contribution is 0.0788. The molecule has 0 spiro atoms. The Bertz CT molecular complexity index is 1230. The molecule has 0 aliphatic carbocycles. The van der Waals surface area contributed by atoms with E-state index in [-0.39, 0.29) is 17.8 Å². The largest absolute Gasteiger partial charge is 0.497 e. The summed E-state index contributed by atoms with van der Waals surface area (Å²) in [5, 5.41) is 0. The summed E-state index contributed by atoms with van der Waals surface area (Å²) in [5.41, 5.74) is 3.07. The number of carbonyl (C=O) groups is 1. The highest BCUT2D eigenvalue weighted by Crippen LogP contribution is 2.33. The number of benzene rings is 2. The zero-order valence-corrected chi connectivity index (χ0v) is 17.0. The molecule has 0 bridgehead atoms. The summed E-state index contributed by atoms with van der Waals surface area (Å²) in [5.74, 6) is 1.15. The van der Waals surface area contributed by atoms with E-state index in [1.165, 1.54) is 24.3 Å². The molecule has 0 unspecified atom stereocenters. The summed E-state index contributed by atoms with van der Waals surface area (Å²) in [4.78, 5) is 24.1. The van der Waals surface area contributed by atoms with Crippen LogP contribution in [0.25, 0.3) is 22.6 Å². The van der Waals surface area contributed by atoms with Gasteiger partial charge in [0.15, 0.2) is 5.65 Å². The molecule has 4 aromatic rings. The van der Waals surface area contributed by atoms with E-state index in [4.69, 9.17) is 9.72 Å². The summed E-state index contributed by atoms with van der Waals surface area (Å²) in [6, 6.07) is 17.3. The lowest BCUT2D eigenvalue weighted by atomic mass is 10.2. The Balaban J connectivity index is 1.49. The number of likely N-dealkylation sites (tertiary alicyclic amines) is 1. The van der Waals surface area contributed by atoms with E-state index in [1.54, 1.807) is 13.3 Å². The minimum absolute atomic E-state index is 0.0430. The van der Waals surface area contributed by atoms with Crippen LogP contribution in [0.1, 0.15) is 22.8 Å². The fourth-order valence-electron chi connectivity index (χ4n) is 4.13. The van der Waals surface area contributed by atoms with Crippen LogP contribution in [-0.2, 0) is 0 Å². The molecule has 0 radical (unpaired) electrons. The number of aromatic nitrogens is 3. The molecule has 6 nitrogen and oxygen atoms in total. The fraction of sp³-hybridized carbons (Fsp3) is 0.208. The Kier molecular flexibility index (Phi) is 4.86. The van der Waals surface area contributed by atoms with Gasteiger partial charge < -0.3 is 14.2 Å². The van der Waals surface area contributed by atoms with Gasteiger partial charge in [0.1, 0.15) is 22.9 Å². The molecule has 1 aliphatic rings. The first kappa shape index (κ1) is 19.2. The molecule has 1 atom stereocenters. The van der Waals surface area contributed by atoms with Crippen LogP contribution in [0.2, 0.25) is 0 Å². The number of amides is 1. The van der Waals surface area contributed by atoms with E-state index in [9.17, 15) is 9.18 Å². The third-order valence-corrected chi connectivity index (χ3v) is 5.70. The van der Waals surface area contributed by atoms with Crippen molar-refractivity contribution in [3.63, 3.8) is 0 Å². The zero-order chi connectivity index (χ0) is 21.4. The van der Waals surface area contributed by atoms with Gasteiger partial charge in [0.2, 0.25) is 0 Å². The second-order valence-corrected chi connectivity index (χ2v) is 7.58. The van der Waals surface area contributed by atoms with Gasteiger partial charge in [0, 0.05) is 30.4 Å². The van der Waals surface area contributed by atoms with Crippen molar-refractivity contribution < 1.29 is 13.9 Å². The average molecular weight is 416 g/mol. The Morgan fingerprint density at radius 3 is 2.61 bits per heavy atom. The molecular weight excluding hydrogens is 395 g/mol.